The molecule has 2 N–H and O–H groups in total. The van der Waals surface area contributed by atoms with Gasteiger partial charge in [0.2, 0.25) is 0 Å². The first-order valence-electron chi connectivity index (χ1n) is 6.73. The first kappa shape index (κ1) is 12.3. The number of rotatable bonds is 2. The molecule has 0 aromatic carbocycles. The van der Waals surface area contributed by atoms with Crippen LogP contribution in [0.5, 0.6) is 0 Å². The summed E-state index contributed by atoms with van der Waals surface area (Å²) in [5.74, 6) is 1.89. The Kier molecular flexibility index (Phi) is 3.06. The van der Waals surface area contributed by atoms with Crippen LogP contribution in [0, 0.1) is 5.92 Å². The van der Waals surface area contributed by atoms with Crippen LogP contribution < -0.4 is 0 Å². The van der Waals surface area contributed by atoms with E-state index in [0.717, 1.165) is 31.2 Å². The maximum absolute atomic E-state index is 10.7. The van der Waals surface area contributed by atoms with Crippen molar-refractivity contribution in [3.63, 3.8) is 0 Å². The number of H-pyrrole nitrogens is 1. The normalized spacial score (nSPS) is 27.4. The maximum Gasteiger partial charge on any atom is 0.181 e. The lowest BCUT2D eigenvalue weighted by atomic mass is 9.79. The molecule has 1 aliphatic rings. The van der Waals surface area contributed by atoms with E-state index in [-0.39, 0.29) is 0 Å². The van der Waals surface area contributed by atoms with Gasteiger partial charge in [0.15, 0.2) is 11.6 Å². The molecule has 0 saturated heterocycles. The summed E-state index contributed by atoms with van der Waals surface area (Å²) in [4.78, 5) is 8.43. The summed E-state index contributed by atoms with van der Waals surface area (Å²) in [6.07, 6.45) is 6.98. The highest BCUT2D eigenvalue weighted by Crippen LogP contribution is 2.38. The van der Waals surface area contributed by atoms with Crippen molar-refractivity contribution in [2.24, 2.45) is 5.92 Å². The predicted molar refractivity (Wildman–Crippen MR) is 71.1 cm³/mol. The van der Waals surface area contributed by atoms with E-state index in [1.165, 1.54) is 0 Å². The zero-order chi connectivity index (χ0) is 13.3. The Hall–Kier alpha value is -1.75. The lowest BCUT2D eigenvalue weighted by Crippen LogP contribution is -2.32. The van der Waals surface area contributed by atoms with Crippen LogP contribution in [-0.4, -0.2) is 25.3 Å². The van der Waals surface area contributed by atoms with E-state index >= 15 is 0 Å². The van der Waals surface area contributed by atoms with Gasteiger partial charge in [-0.2, -0.15) is 5.10 Å². The molecular weight excluding hydrogens is 240 g/mol. The molecule has 2 aromatic heterocycles. The third-order valence-electron chi connectivity index (χ3n) is 3.97. The minimum absolute atomic E-state index is 0.589. The van der Waals surface area contributed by atoms with Crippen molar-refractivity contribution in [3.8, 4) is 11.4 Å². The highest BCUT2D eigenvalue weighted by Gasteiger charge is 2.36. The van der Waals surface area contributed by atoms with Crippen LogP contribution >= 0.6 is 0 Å². The molecule has 3 rings (SSSR count). The third kappa shape index (κ3) is 2.38. The van der Waals surface area contributed by atoms with Gasteiger partial charge in [0.05, 0.1) is 0 Å². The number of aromatic amines is 1. The SMILES string of the molecule is CC1CCC(O)(c2nc(-c3ccncc3)n[nH]2)CC1. The average Bonchev–Trinajstić information content (AvgIpc) is 2.94. The van der Waals surface area contributed by atoms with Crippen LogP contribution in [0.1, 0.15) is 38.4 Å². The Morgan fingerprint density at radius 2 is 1.95 bits per heavy atom. The quantitative estimate of drug-likeness (QED) is 0.866. The second kappa shape index (κ2) is 4.74. The molecular formula is C14H18N4O. The number of aliphatic hydroxyl groups is 1. The topological polar surface area (TPSA) is 74.7 Å². The van der Waals surface area contributed by atoms with Gasteiger partial charge in [-0.3, -0.25) is 10.1 Å². The molecule has 0 spiro atoms. The second-order valence-corrected chi connectivity index (χ2v) is 5.46. The van der Waals surface area contributed by atoms with E-state index in [1.807, 2.05) is 12.1 Å². The lowest BCUT2D eigenvalue weighted by Gasteiger charge is -2.32. The van der Waals surface area contributed by atoms with Gasteiger partial charge in [-0.1, -0.05) is 6.92 Å². The predicted octanol–water partition coefficient (Wildman–Crippen LogP) is 2.26. The Balaban J connectivity index is 1.85. The highest BCUT2D eigenvalue weighted by molar-refractivity contribution is 5.53. The summed E-state index contributed by atoms with van der Waals surface area (Å²) in [5, 5.41) is 17.8. The molecule has 0 bridgehead atoms. The van der Waals surface area contributed by atoms with E-state index in [2.05, 4.69) is 27.1 Å². The zero-order valence-corrected chi connectivity index (χ0v) is 11.0. The monoisotopic (exact) mass is 258 g/mol. The number of hydrogen-bond donors (Lipinski definition) is 2. The fourth-order valence-electron chi connectivity index (χ4n) is 2.58. The molecule has 5 nitrogen and oxygen atoms in total. The zero-order valence-electron chi connectivity index (χ0n) is 11.0. The van der Waals surface area contributed by atoms with E-state index in [1.54, 1.807) is 12.4 Å². The molecule has 5 heteroatoms. The highest BCUT2D eigenvalue weighted by atomic mass is 16.3. The van der Waals surface area contributed by atoms with Crippen molar-refractivity contribution < 1.29 is 5.11 Å². The molecule has 1 aliphatic carbocycles. The first-order valence-corrected chi connectivity index (χ1v) is 6.73. The molecule has 0 unspecified atom stereocenters. The van der Waals surface area contributed by atoms with E-state index in [9.17, 15) is 5.11 Å². The molecule has 2 heterocycles. The fraction of sp³-hybridized carbons (Fsp3) is 0.500. The first-order chi connectivity index (χ1) is 9.17. The molecule has 19 heavy (non-hydrogen) atoms. The van der Waals surface area contributed by atoms with Crippen LogP contribution in [0.15, 0.2) is 24.5 Å². The van der Waals surface area contributed by atoms with E-state index in [4.69, 9.17) is 0 Å². The molecule has 100 valence electrons. The Bertz CT molecular complexity index is 544. The standard InChI is InChI=1S/C14H18N4O/c1-10-2-6-14(19,7-3-10)13-16-12(17-18-13)11-4-8-15-9-5-11/h4-5,8-10,19H,2-3,6-7H2,1H3,(H,16,17,18). The van der Waals surface area contributed by atoms with Crippen molar-refractivity contribution in [1.82, 2.24) is 20.2 Å². The summed E-state index contributed by atoms with van der Waals surface area (Å²) in [6.45, 7) is 2.22. The number of hydrogen-bond acceptors (Lipinski definition) is 4. The summed E-state index contributed by atoms with van der Waals surface area (Å²) >= 11 is 0. The molecule has 0 atom stereocenters. The molecule has 1 fully saturated rings. The van der Waals surface area contributed by atoms with Gasteiger partial charge in [0.25, 0.3) is 0 Å². The molecule has 2 aromatic rings. The van der Waals surface area contributed by atoms with Gasteiger partial charge in [-0.15, -0.1) is 0 Å². The van der Waals surface area contributed by atoms with Crippen molar-refractivity contribution in [1.29, 1.82) is 0 Å². The lowest BCUT2D eigenvalue weighted by molar-refractivity contribution is -0.0195. The number of aromatic nitrogens is 4. The van der Waals surface area contributed by atoms with Gasteiger partial charge in [-0.25, -0.2) is 4.98 Å². The summed E-state index contributed by atoms with van der Waals surface area (Å²) in [7, 11) is 0. The van der Waals surface area contributed by atoms with Crippen molar-refractivity contribution in [3.05, 3.63) is 30.4 Å². The Morgan fingerprint density at radius 3 is 2.63 bits per heavy atom. The van der Waals surface area contributed by atoms with Gasteiger partial charge in [0.1, 0.15) is 5.60 Å². The molecule has 1 saturated carbocycles. The van der Waals surface area contributed by atoms with E-state index < -0.39 is 5.60 Å². The van der Waals surface area contributed by atoms with Gasteiger partial charge >= 0.3 is 0 Å². The van der Waals surface area contributed by atoms with Crippen LogP contribution in [0.3, 0.4) is 0 Å². The van der Waals surface area contributed by atoms with Gasteiger partial charge < -0.3 is 5.11 Å². The number of nitrogens with one attached hydrogen (secondary N) is 1. The Morgan fingerprint density at radius 1 is 1.26 bits per heavy atom. The van der Waals surface area contributed by atoms with Crippen molar-refractivity contribution in [2.45, 2.75) is 38.2 Å². The van der Waals surface area contributed by atoms with Crippen LogP contribution in [0.25, 0.3) is 11.4 Å². The largest absolute Gasteiger partial charge is 0.382 e. The number of nitrogens with zero attached hydrogens (tertiary/aromatic N) is 3. The average molecular weight is 258 g/mol. The van der Waals surface area contributed by atoms with Crippen LogP contribution in [0.4, 0.5) is 0 Å². The minimum atomic E-state index is -0.842. The summed E-state index contributed by atoms with van der Waals surface area (Å²) in [6, 6.07) is 3.72. The molecule has 0 aliphatic heterocycles. The van der Waals surface area contributed by atoms with Crippen molar-refractivity contribution in [2.75, 3.05) is 0 Å². The third-order valence-corrected chi connectivity index (χ3v) is 3.97. The van der Waals surface area contributed by atoms with Crippen molar-refractivity contribution >= 4 is 0 Å². The Labute approximate surface area is 112 Å². The van der Waals surface area contributed by atoms with Crippen LogP contribution in [0.2, 0.25) is 0 Å². The summed E-state index contributed by atoms with van der Waals surface area (Å²) in [5.41, 5.74) is 0.0652. The smallest absolute Gasteiger partial charge is 0.181 e. The molecule has 0 amide bonds. The van der Waals surface area contributed by atoms with Crippen LogP contribution in [-0.2, 0) is 5.60 Å². The second-order valence-electron chi connectivity index (χ2n) is 5.46. The van der Waals surface area contributed by atoms with E-state index in [0.29, 0.717) is 17.6 Å². The maximum atomic E-state index is 10.7. The molecule has 0 radical (unpaired) electrons. The van der Waals surface area contributed by atoms with Gasteiger partial charge in [0, 0.05) is 18.0 Å². The van der Waals surface area contributed by atoms with Gasteiger partial charge in [-0.05, 0) is 43.7 Å². The number of pyridine rings is 1. The summed E-state index contributed by atoms with van der Waals surface area (Å²) < 4.78 is 0. The fourth-order valence-corrected chi connectivity index (χ4v) is 2.58. The minimum Gasteiger partial charge on any atom is -0.382 e.